The van der Waals surface area contributed by atoms with Crippen LogP contribution >= 0.6 is 0 Å². The lowest BCUT2D eigenvalue weighted by Gasteiger charge is -2.25. The van der Waals surface area contributed by atoms with Gasteiger partial charge in [0.1, 0.15) is 6.04 Å². The minimum absolute atomic E-state index is 0.138. The fourth-order valence-corrected chi connectivity index (χ4v) is 2.24. The Bertz CT molecular complexity index is 253. The van der Waals surface area contributed by atoms with Crippen molar-refractivity contribution in [3.63, 3.8) is 0 Å². The van der Waals surface area contributed by atoms with Gasteiger partial charge in [-0.2, -0.15) is 0 Å². The third-order valence-electron chi connectivity index (χ3n) is 3.60. The normalized spacial score (nSPS) is 26.9. The summed E-state index contributed by atoms with van der Waals surface area (Å²) in [5, 5.41) is 9.00. The summed E-state index contributed by atoms with van der Waals surface area (Å²) in [5.74, 6) is -0.317. The van der Waals surface area contributed by atoms with Gasteiger partial charge in [-0.3, -0.25) is 9.69 Å². The molecule has 2 atom stereocenters. The molecule has 0 radical (unpaired) electrons. The molecular weight excluding hydrogens is 206 g/mol. The number of nitrogens with zero attached hydrogens (tertiary/aromatic N) is 1. The van der Waals surface area contributed by atoms with Crippen LogP contribution in [0, 0.1) is 11.3 Å². The van der Waals surface area contributed by atoms with Crippen LogP contribution in [-0.2, 0) is 9.53 Å². The first-order valence-corrected chi connectivity index (χ1v) is 5.93. The highest BCUT2D eigenvalue weighted by Gasteiger charge is 2.42. The Morgan fingerprint density at radius 1 is 1.62 bits per heavy atom. The molecule has 0 saturated carbocycles. The van der Waals surface area contributed by atoms with Crippen LogP contribution in [-0.4, -0.2) is 48.3 Å². The van der Waals surface area contributed by atoms with Gasteiger partial charge in [0.15, 0.2) is 0 Å². The highest BCUT2D eigenvalue weighted by molar-refractivity contribution is 5.72. The largest absolute Gasteiger partial charge is 0.480 e. The van der Waals surface area contributed by atoms with E-state index in [2.05, 4.69) is 13.8 Å². The van der Waals surface area contributed by atoms with Gasteiger partial charge in [0.2, 0.25) is 0 Å². The third-order valence-corrected chi connectivity index (χ3v) is 3.60. The van der Waals surface area contributed by atoms with Crippen LogP contribution in [0.3, 0.4) is 0 Å². The van der Waals surface area contributed by atoms with Crippen molar-refractivity contribution in [1.29, 1.82) is 0 Å². The van der Waals surface area contributed by atoms with Crippen LogP contribution in [0.2, 0.25) is 0 Å². The van der Waals surface area contributed by atoms with E-state index in [1.165, 1.54) is 0 Å². The maximum atomic E-state index is 10.9. The van der Waals surface area contributed by atoms with Crippen LogP contribution in [0.4, 0.5) is 0 Å². The van der Waals surface area contributed by atoms with E-state index in [9.17, 15) is 4.79 Å². The molecule has 0 spiro atoms. The Morgan fingerprint density at radius 3 is 2.75 bits per heavy atom. The summed E-state index contributed by atoms with van der Waals surface area (Å²) in [6.07, 6.45) is 0. The molecule has 1 fully saturated rings. The minimum atomic E-state index is -0.743. The zero-order chi connectivity index (χ0) is 12.3. The standard InChI is InChI=1S/C12H23NO3/c1-5-16-7-10-6-13(8-12(10,3)4)9(2)11(14)15/h9-10H,5-8H2,1-4H3,(H,14,15). The number of aliphatic carboxylic acids is 1. The van der Waals surface area contributed by atoms with Crippen LogP contribution in [0.5, 0.6) is 0 Å². The van der Waals surface area contributed by atoms with Gasteiger partial charge >= 0.3 is 5.97 Å². The predicted octanol–water partition coefficient (Wildman–Crippen LogP) is 1.45. The monoisotopic (exact) mass is 229 g/mol. The van der Waals surface area contributed by atoms with Crippen LogP contribution < -0.4 is 0 Å². The molecule has 4 heteroatoms. The van der Waals surface area contributed by atoms with Crippen LogP contribution in [0.25, 0.3) is 0 Å². The van der Waals surface area contributed by atoms with Crippen molar-refractivity contribution in [2.45, 2.75) is 33.7 Å². The maximum Gasteiger partial charge on any atom is 0.320 e. The lowest BCUT2D eigenvalue weighted by atomic mass is 9.83. The van der Waals surface area contributed by atoms with Crippen LogP contribution in [0.15, 0.2) is 0 Å². The number of hydrogen-bond acceptors (Lipinski definition) is 3. The molecule has 0 aromatic heterocycles. The highest BCUT2D eigenvalue weighted by Crippen LogP contribution is 2.36. The maximum absolute atomic E-state index is 10.9. The minimum Gasteiger partial charge on any atom is -0.480 e. The number of hydrogen-bond donors (Lipinski definition) is 1. The van der Waals surface area contributed by atoms with Crippen molar-refractivity contribution >= 4 is 5.97 Å². The quantitative estimate of drug-likeness (QED) is 0.775. The molecule has 1 rings (SSSR count). The number of carboxylic acid groups (broad SMARTS) is 1. The van der Waals surface area contributed by atoms with E-state index < -0.39 is 12.0 Å². The van der Waals surface area contributed by atoms with E-state index in [-0.39, 0.29) is 5.41 Å². The van der Waals surface area contributed by atoms with Crippen molar-refractivity contribution in [3.05, 3.63) is 0 Å². The molecule has 1 N–H and O–H groups in total. The van der Waals surface area contributed by atoms with Gasteiger partial charge in [0.05, 0.1) is 6.61 Å². The van der Waals surface area contributed by atoms with E-state index in [0.29, 0.717) is 5.92 Å². The molecule has 1 saturated heterocycles. The van der Waals surface area contributed by atoms with Gasteiger partial charge in [0, 0.05) is 25.6 Å². The van der Waals surface area contributed by atoms with Gasteiger partial charge in [0.25, 0.3) is 0 Å². The van der Waals surface area contributed by atoms with Crippen molar-refractivity contribution in [3.8, 4) is 0 Å². The Hall–Kier alpha value is -0.610. The molecule has 0 aromatic carbocycles. The van der Waals surface area contributed by atoms with Crippen LogP contribution in [0.1, 0.15) is 27.7 Å². The summed E-state index contributed by atoms with van der Waals surface area (Å²) >= 11 is 0. The molecule has 0 amide bonds. The first-order chi connectivity index (χ1) is 7.38. The molecule has 1 heterocycles. The summed E-state index contributed by atoms with van der Waals surface area (Å²) in [5.41, 5.74) is 0.138. The molecular formula is C12H23NO3. The van der Waals surface area contributed by atoms with E-state index in [0.717, 1.165) is 26.3 Å². The lowest BCUT2D eigenvalue weighted by Crippen LogP contribution is -2.38. The Labute approximate surface area is 97.6 Å². The second-order valence-corrected chi connectivity index (χ2v) is 5.29. The number of carboxylic acids is 1. The first-order valence-electron chi connectivity index (χ1n) is 5.93. The molecule has 0 aromatic rings. The number of likely N-dealkylation sites (tertiary alicyclic amines) is 1. The van der Waals surface area contributed by atoms with Gasteiger partial charge < -0.3 is 9.84 Å². The molecule has 1 aliphatic heterocycles. The predicted molar refractivity (Wildman–Crippen MR) is 62.4 cm³/mol. The number of ether oxygens (including phenoxy) is 1. The molecule has 0 bridgehead atoms. The zero-order valence-electron chi connectivity index (χ0n) is 10.7. The molecule has 4 nitrogen and oxygen atoms in total. The van der Waals surface area contributed by atoms with E-state index in [1.54, 1.807) is 6.92 Å². The van der Waals surface area contributed by atoms with Crippen molar-refractivity contribution in [1.82, 2.24) is 4.90 Å². The third kappa shape index (κ3) is 2.95. The Kier molecular flexibility index (Phi) is 4.33. The fourth-order valence-electron chi connectivity index (χ4n) is 2.24. The second-order valence-electron chi connectivity index (χ2n) is 5.29. The summed E-state index contributed by atoms with van der Waals surface area (Å²) in [6.45, 7) is 11.2. The smallest absolute Gasteiger partial charge is 0.320 e. The summed E-state index contributed by atoms with van der Waals surface area (Å²) in [6, 6.07) is -0.397. The van der Waals surface area contributed by atoms with Crippen molar-refractivity contribution in [2.75, 3.05) is 26.3 Å². The van der Waals surface area contributed by atoms with Crippen molar-refractivity contribution < 1.29 is 14.6 Å². The topological polar surface area (TPSA) is 49.8 Å². The number of carbonyl (C=O) groups is 1. The lowest BCUT2D eigenvalue weighted by molar-refractivity contribution is -0.142. The van der Waals surface area contributed by atoms with Gasteiger partial charge in [-0.25, -0.2) is 0 Å². The summed E-state index contributed by atoms with van der Waals surface area (Å²) in [4.78, 5) is 13.0. The van der Waals surface area contributed by atoms with Crippen molar-refractivity contribution in [2.24, 2.45) is 11.3 Å². The van der Waals surface area contributed by atoms with E-state index in [4.69, 9.17) is 9.84 Å². The average Bonchev–Trinajstić information content (AvgIpc) is 2.49. The average molecular weight is 229 g/mol. The van der Waals surface area contributed by atoms with E-state index in [1.807, 2.05) is 11.8 Å². The number of rotatable bonds is 5. The molecule has 0 aliphatic carbocycles. The molecule has 1 aliphatic rings. The molecule has 94 valence electrons. The van der Waals surface area contributed by atoms with Gasteiger partial charge in [-0.05, 0) is 19.3 Å². The summed E-state index contributed by atoms with van der Waals surface area (Å²) in [7, 11) is 0. The van der Waals surface area contributed by atoms with Gasteiger partial charge in [-0.15, -0.1) is 0 Å². The van der Waals surface area contributed by atoms with E-state index >= 15 is 0 Å². The Balaban J connectivity index is 2.60. The molecule has 16 heavy (non-hydrogen) atoms. The Morgan fingerprint density at radius 2 is 2.25 bits per heavy atom. The first kappa shape index (κ1) is 13.5. The second kappa shape index (κ2) is 5.15. The molecule has 2 unspecified atom stereocenters. The van der Waals surface area contributed by atoms with Gasteiger partial charge in [-0.1, -0.05) is 13.8 Å². The highest BCUT2D eigenvalue weighted by atomic mass is 16.5. The SMILES string of the molecule is CCOCC1CN(C(C)C(=O)O)CC1(C)C. The fraction of sp³-hybridized carbons (Fsp3) is 0.917. The summed E-state index contributed by atoms with van der Waals surface area (Å²) < 4.78 is 5.47. The zero-order valence-corrected chi connectivity index (χ0v) is 10.7.